The molecule has 25 heavy (non-hydrogen) atoms. The standard InChI is InChI=1S/C18H14N4O3/c1-24-14-10-13(18(23)25-2)16(21-22-19)15-12(8-9-20-17(14)15)11-6-4-3-5-7-11/h3-10H,1-2H3. The number of benzene rings is 2. The Labute approximate surface area is 143 Å². The number of azide groups is 1. The summed E-state index contributed by atoms with van der Waals surface area (Å²) in [5.41, 5.74) is 11.5. The Morgan fingerprint density at radius 2 is 1.96 bits per heavy atom. The number of rotatable bonds is 4. The molecule has 0 saturated carbocycles. The Hall–Kier alpha value is -3.57. The summed E-state index contributed by atoms with van der Waals surface area (Å²) in [4.78, 5) is 19.4. The summed E-state index contributed by atoms with van der Waals surface area (Å²) in [7, 11) is 2.75. The smallest absolute Gasteiger partial charge is 0.338 e. The average Bonchev–Trinajstić information content (AvgIpc) is 2.67. The van der Waals surface area contributed by atoms with Gasteiger partial charge >= 0.3 is 5.97 Å². The van der Waals surface area contributed by atoms with Gasteiger partial charge in [-0.25, -0.2) is 4.79 Å². The molecule has 1 heterocycles. The molecule has 1 aromatic heterocycles. The predicted molar refractivity (Wildman–Crippen MR) is 93.9 cm³/mol. The summed E-state index contributed by atoms with van der Waals surface area (Å²) in [5.74, 6) is -0.226. The van der Waals surface area contributed by atoms with Crippen molar-refractivity contribution in [1.29, 1.82) is 0 Å². The van der Waals surface area contributed by atoms with E-state index in [9.17, 15) is 4.79 Å². The van der Waals surface area contributed by atoms with Crippen molar-refractivity contribution in [3.05, 3.63) is 64.7 Å². The van der Waals surface area contributed by atoms with Crippen molar-refractivity contribution >= 4 is 22.6 Å². The minimum Gasteiger partial charge on any atom is -0.494 e. The molecule has 0 unspecified atom stereocenters. The van der Waals surface area contributed by atoms with Crippen molar-refractivity contribution in [2.75, 3.05) is 14.2 Å². The van der Waals surface area contributed by atoms with E-state index < -0.39 is 5.97 Å². The highest BCUT2D eigenvalue weighted by atomic mass is 16.5. The fourth-order valence-electron chi connectivity index (χ4n) is 2.72. The summed E-state index contributed by atoms with van der Waals surface area (Å²) < 4.78 is 10.2. The van der Waals surface area contributed by atoms with Crippen molar-refractivity contribution in [2.24, 2.45) is 5.11 Å². The van der Waals surface area contributed by atoms with E-state index >= 15 is 0 Å². The van der Waals surface area contributed by atoms with Crippen molar-refractivity contribution in [3.63, 3.8) is 0 Å². The van der Waals surface area contributed by atoms with E-state index in [2.05, 4.69) is 15.0 Å². The summed E-state index contributed by atoms with van der Waals surface area (Å²) in [6, 6.07) is 12.8. The van der Waals surface area contributed by atoms with Crippen LogP contribution in [0.3, 0.4) is 0 Å². The summed E-state index contributed by atoms with van der Waals surface area (Å²) in [6.45, 7) is 0. The first-order chi connectivity index (χ1) is 12.2. The molecule has 0 fully saturated rings. The first-order valence-corrected chi connectivity index (χ1v) is 7.39. The topological polar surface area (TPSA) is 97.2 Å². The fraction of sp³-hybridized carbons (Fsp3) is 0.111. The van der Waals surface area contributed by atoms with E-state index in [1.807, 2.05) is 30.3 Å². The largest absolute Gasteiger partial charge is 0.494 e. The quantitative estimate of drug-likeness (QED) is 0.300. The lowest BCUT2D eigenvalue weighted by Gasteiger charge is -2.14. The molecule has 0 saturated heterocycles. The number of carbonyl (C=O) groups excluding carboxylic acids is 1. The average molecular weight is 334 g/mol. The monoisotopic (exact) mass is 334 g/mol. The van der Waals surface area contributed by atoms with Gasteiger partial charge in [-0.1, -0.05) is 35.4 Å². The van der Waals surface area contributed by atoms with Crippen molar-refractivity contribution in [1.82, 2.24) is 4.98 Å². The number of nitrogens with zero attached hydrogens (tertiary/aromatic N) is 4. The number of carbonyl (C=O) groups is 1. The van der Waals surface area contributed by atoms with Crippen LogP contribution in [0, 0.1) is 0 Å². The molecule has 0 bridgehead atoms. The number of methoxy groups -OCH3 is 2. The second-order valence-electron chi connectivity index (χ2n) is 5.10. The van der Waals surface area contributed by atoms with Gasteiger partial charge in [0, 0.05) is 16.5 Å². The third-order valence-electron chi connectivity index (χ3n) is 3.81. The molecular weight excluding hydrogens is 320 g/mol. The molecule has 0 N–H and O–H groups in total. The Balaban J connectivity index is 2.51. The Bertz CT molecular complexity index is 996. The molecule has 7 heteroatoms. The van der Waals surface area contributed by atoms with Crippen LogP contribution in [-0.2, 0) is 4.74 Å². The minimum absolute atomic E-state index is 0.120. The maximum absolute atomic E-state index is 12.2. The van der Waals surface area contributed by atoms with Crippen LogP contribution in [0.1, 0.15) is 10.4 Å². The number of hydrogen-bond acceptors (Lipinski definition) is 5. The van der Waals surface area contributed by atoms with Gasteiger partial charge in [-0.05, 0) is 28.8 Å². The molecular formula is C18H14N4O3. The van der Waals surface area contributed by atoms with E-state index in [1.165, 1.54) is 20.3 Å². The van der Waals surface area contributed by atoms with Crippen molar-refractivity contribution < 1.29 is 14.3 Å². The molecule has 0 radical (unpaired) electrons. The SMILES string of the molecule is COC(=O)c1cc(OC)c2nccc(-c3ccccc3)c2c1N=[N+]=[N-]. The molecule has 124 valence electrons. The zero-order valence-electron chi connectivity index (χ0n) is 13.6. The number of ether oxygens (including phenoxy) is 2. The molecule has 2 aromatic carbocycles. The van der Waals surface area contributed by atoms with Gasteiger partial charge in [0.25, 0.3) is 0 Å². The first-order valence-electron chi connectivity index (χ1n) is 7.39. The molecule has 7 nitrogen and oxygen atoms in total. The second kappa shape index (κ2) is 6.90. The zero-order valence-corrected chi connectivity index (χ0v) is 13.6. The highest BCUT2D eigenvalue weighted by molar-refractivity contribution is 6.11. The Morgan fingerprint density at radius 1 is 1.20 bits per heavy atom. The van der Waals surface area contributed by atoms with Crippen LogP contribution in [0.4, 0.5) is 5.69 Å². The molecule has 0 atom stereocenters. The highest BCUT2D eigenvalue weighted by Gasteiger charge is 2.21. The summed E-state index contributed by atoms with van der Waals surface area (Å²) >= 11 is 0. The summed E-state index contributed by atoms with van der Waals surface area (Å²) in [5, 5.41) is 4.28. The van der Waals surface area contributed by atoms with Gasteiger partial charge in [-0.15, -0.1) is 0 Å². The van der Waals surface area contributed by atoms with Gasteiger partial charge in [-0.3, -0.25) is 4.98 Å². The normalized spacial score (nSPS) is 10.2. The van der Waals surface area contributed by atoms with Crippen LogP contribution in [0.25, 0.3) is 32.5 Å². The van der Waals surface area contributed by atoms with E-state index in [0.29, 0.717) is 16.7 Å². The molecule has 3 aromatic rings. The predicted octanol–water partition coefficient (Wildman–Crippen LogP) is 4.64. The Kier molecular flexibility index (Phi) is 4.50. The number of esters is 1. The lowest BCUT2D eigenvalue weighted by molar-refractivity contribution is 0.0601. The summed E-state index contributed by atoms with van der Waals surface area (Å²) in [6.07, 6.45) is 1.64. The maximum Gasteiger partial charge on any atom is 0.338 e. The van der Waals surface area contributed by atoms with E-state index in [0.717, 1.165) is 11.1 Å². The van der Waals surface area contributed by atoms with Crippen molar-refractivity contribution in [3.8, 4) is 16.9 Å². The molecule has 0 spiro atoms. The molecule has 0 aliphatic heterocycles. The molecule has 0 amide bonds. The molecule has 0 aliphatic carbocycles. The first kappa shape index (κ1) is 16.3. The molecule has 0 aliphatic rings. The fourth-order valence-corrected chi connectivity index (χ4v) is 2.72. The van der Waals surface area contributed by atoms with Gasteiger partial charge in [0.15, 0.2) is 0 Å². The number of pyridine rings is 1. The Morgan fingerprint density at radius 3 is 2.60 bits per heavy atom. The third kappa shape index (κ3) is 2.84. The van der Waals surface area contributed by atoms with Crippen LogP contribution < -0.4 is 4.74 Å². The van der Waals surface area contributed by atoms with Gasteiger partial charge in [0.2, 0.25) is 0 Å². The number of hydrogen-bond donors (Lipinski definition) is 0. The lowest BCUT2D eigenvalue weighted by Crippen LogP contribution is -2.03. The van der Waals surface area contributed by atoms with Crippen LogP contribution in [0.5, 0.6) is 5.75 Å². The maximum atomic E-state index is 12.2. The van der Waals surface area contributed by atoms with Gasteiger partial charge in [-0.2, -0.15) is 0 Å². The second-order valence-corrected chi connectivity index (χ2v) is 5.10. The number of fused-ring (bicyclic) bond motifs is 1. The van der Waals surface area contributed by atoms with E-state index in [4.69, 9.17) is 15.0 Å². The van der Waals surface area contributed by atoms with Gasteiger partial charge in [0.1, 0.15) is 11.3 Å². The highest BCUT2D eigenvalue weighted by Crippen LogP contribution is 2.41. The van der Waals surface area contributed by atoms with Crippen LogP contribution in [0.15, 0.2) is 53.8 Å². The zero-order chi connectivity index (χ0) is 17.8. The van der Waals surface area contributed by atoms with Crippen LogP contribution in [0.2, 0.25) is 0 Å². The van der Waals surface area contributed by atoms with Crippen molar-refractivity contribution in [2.45, 2.75) is 0 Å². The van der Waals surface area contributed by atoms with Crippen LogP contribution in [-0.4, -0.2) is 25.2 Å². The van der Waals surface area contributed by atoms with Gasteiger partial charge < -0.3 is 9.47 Å². The minimum atomic E-state index is -0.620. The third-order valence-corrected chi connectivity index (χ3v) is 3.81. The number of aromatic nitrogens is 1. The lowest BCUT2D eigenvalue weighted by atomic mass is 9.97. The van der Waals surface area contributed by atoms with E-state index in [1.54, 1.807) is 12.3 Å². The van der Waals surface area contributed by atoms with E-state index in [-0.39, 0.29) is 11.3 Å². The van der Waals surface area contributed by atoms with Crippen LogP contribution >= 0.6 is 0 Å². The van der Waals surface area contributed by atoms with Gasteiger partial charge in [0.05, 0.1) is 25.5 Å². The molecule has 3 rings (SSSR count).